The van der Waals surface area contributed by atoms with Crippen molar-refractivity contribution in [1.82, 2.24) is 10.6 Å². The van der Waals surface area contributed by atoms with Crippen LogP contribution in [0.1, 0.15) is 37.2 Å². The number of carbonyl (C=O) groups is 3. The molecule has 2 heterocycles. The van der Waals surface area contributed by atoms with E-state index in [-0.39, 0.29) is 31.1 Å². The predicted octanol–water partition coefficient (Wildman–Crippen LogP) is 1.81. The van der Waals surface area contributed by atoms with Crippen molar-refractivity contribution >= 4 is 23.6 Å². The quantitative estimate of drug-likeness (QED) is 0.576. The number of hydrogen-bond donors (Lipinski definition) is 2. The lowest BCUT2D eigenvalue weighted by Crippen LogP contribution is -2.59. The number of anilines is 1. The zero-order valence-electron chi connectivity index (χ0n) is 16.2. The lowest BCUT2D eigenvalue weighted by molar-refractivity contribution is -0.134. The zero-order valence-corrected chi connectivity index (χ0v) is 16.2. The lowest BCUT2D eigenvalue weighted by Gasteiger charge is -2.41. The fourth-order valence-corrected chi connectivity index (χ4v) is 3.56. The van der Waals surface area contributed by atoms with E-state index in [1.807, 2.05) is 0 Å². The van der Waals surface area contributed by atoms with Crippen LogP contribution in [0.2, 0.25) is 0 Å². The number of halogens is 2. The first-order chi connectivity index (χ1) is 14.4. The van der Waals surface area contributed by atoms with E-state index in [2.05, 4.69) is 22.5 Å². The molecule has 30 heavy (non-hydrogen) atoms. The van der Waals surface area contributed by atoms with Crippen LogP contribution < -0.4 is 15.5 Å². The van der Waals surface area contributed by atoms with Crippen molar-refractivity contribution in [3.05, 3.63) is 29.3 Å². The van der Waals surface area contributed by atoms with Crippen LogP contribution in [-0.2, 0) is 14.3 Å². The van der Waals surface area contributed by atoms with Crippen molar-refractivity contribution in [3.8, 4) is 11.8 Å². The Morgan fingerprint density at radius 1 is 1.20 bits per heavy atom. The van der Waals surface area contributed by atoms with E-state index < -0.39 is 35.5 Å². The van der Waals surface area contributed by atoms with E-state index in [4.69, 9.17) is 4.74 Å². The number of amides is 3. The number of nitrogens with zero attached hydrogens (tertiary/aromatic N) is 1. The Kier molecular flexibility index (Phi) is 5.57. The van der Waals surface area contributed by atoms with Crippen molar-refractivity contribution in [2.45, 2.75) is 37.6 Å². The van der Waals surface area contributed by atoms with Gasteiger partial charge in [0, 0.05) is 36.7 Å². The van der Waals surface area contributed by atoms with Crippen LogP contribution in [0.4, 0.5) is 19.3 Å². The maximum atomic E-state index is 14.6. The van der Waals surface area contributed by atoms with Crippen LogP contribution in [0.25, 0.3) is 0 Å². The summed E-state index contributed by atoms with van der Waals surface area (Å²) in [5, 5.41) is 4.79. The molecule has 2 N–H and O–H groups in total. The second kappa shape index (κ2) is 8.30. The number of carbonyl (C=O) groups excluding carboxylic acids is 3. The molecule has 9 heteroatoms. The predicted molar refractivity (Wildman–Crippen MR) is 102 cm³/mol. The fraction of sp³-hybridized carbons (Fsp3) is 0.476. The summed E-state index contributed by atoms with van der Waals surface area (Å²) in [7, 11) is 0. The second-order valence-electron chi connectivity index (χ2n) is 7.74. The summed E-state index contributed by atoms with van der Waals surface area (Å²) in [6, 6.07) is 2.14. The molecule has 158 valence electrons. The van der Waals surface area contributed by atoms with E-state index in [1.54, 1.807) is 4.90 Å². The SMILES string of the molecule is O=C1CCC(c2c(F)cc(N3CC(NC(=O)OCC#CC4CC4)C3)cc2F)C(=O)N1. The monoisotopic (exact) mass is 417 g/mol. The Hall–Kier alpha value is -3.15. The molecule has 0 bridgehead atoms. The number of ether oxygens (including phenoxy) is 1. The van der Waals surface area contributed by atoms with Crippen LogP contribution in [0, 0.1) is 29.4 Å². The van der Waals surface area contributed by atoms with E-state index in [9.17, 15) is 23.2 Å². The standard InChI is InChI=1S/C21H21F2N3O4/c22-16-8-14(9-17(23)19(16)15-5-6-18(27)25-20(15)28)26-10-13(11-26)24-21(29)30-7-1-2-12-3-4-12/h8-9,12-13,15H,3-7,10-11H2,(H,24,29)(H,25,27,28). The summed E-state index contributed by atoms with van der Waals surface area (Å²) < 4.78 is 34.2. The van der Waals surface area contributed by atoms with E-state index in [0.29, 0.717) is 24.7 Å². The van der Waals surface area contributed by atoms with Crippen molar-refractivity contribution in [1.29, 1.82) is 0 Å². The molecule has 7 nitrogen and oxygen atoms in total. The van der Waals surface area contributed by atoms with Gasteiger partial charge in [-0.2, -0.15) is 0 Å². The Morgan fingerprint density at radius 2 is 1.90 bits per heavy atom. The molecular weight excluding hydrogens is 396 g/mol. The third kappa shape index (κ3) is 4.53. The van der Waals surface area contributed by atoms with Crippen molar-refractivity contribution in [2.75, 3.05) is 24.6 Å². The molecule has 1 atom stereocenters. The average Bonchev–Trinajstić information content (AvgIpc) is 3.47. The molecule has 3 aliphatic rings. The topological polar surface area (TPSA) is 87.7 Å². The molecular formula is C21H21F2N3O4. The molecule has 3 amide bonds. The third-order valence-corrected chi connectivity index (χ3v) is 5.38. The average molecular weight is 417 g/mol. The van der Waals surface area contributed by atoms with Crippen LogP contribution in [-0.4, -0.2) is 43.6 Å². The van der Waals surface area contributed by atoms with Crippen LogP contribution in [0.5, 0.6) is 0 Å². The van der Waals surface area contributed by atoms with Gasteiger partial charge in [-0.25, -0.2) is 13.6 Å². The van der Waals surface area contributed by atoms with Crippen molar-refractivity contribution in [3.63, 3.8) is 0 Å². The first-order valence-corrected chi connectivity index (χ1v) is 9.90. The van der Waals surface area contributed by atoms with Crippen LogP contribution in [0.3, 0.4) is 0 Å². The van der Waals surface area contributed by atoms with Gasteiger partial charge >= 0.3 is 6.09 Å². The van der Waals surface area contributed by atoms with Crippen LogP contribution in [0.15, 0.2) is 12.1 Å². The number of hydrogen-bond acceptors (Lipinski definition) is 5. The number of benzene rings is 1. The Balaban J connectivity index is 1.30. The van der Waals surface area contributed by atoms with Gasteiger partial charge in [0.2, 0.25) is 11.8 Å². The minimum absolute atomic E-state index is 0.0387. The summed E-state index contributed by atoms with van der Waals surface area (Å²) >= 11 is 0. The zero-order chi connectivity index (χ0) is 21.3. The lowest BCUT2D eigenvalue weighted by atomic mass is 9.89. The molecule has 2 aliphatic heterocycles. The highest BCUT2D eigenvalue weighted by molar-refractivity contribution is 6.01. The number of alkyl carbamates (subject to hydrolysis) is 1. The highest BCUT2D eigenvalue weighted by Crippen LogP contribution is 2.33. The molecule has 4 rings (SSSR count). The van der Waals surface area contributed by atoms with Gasteiger partial charge in [-0.3, -0.25) is 14.9 Å². The van der Waals surface area contributed by atoms with Crippen molar-refractivity contribution < 1.29 is 27.9 Å². The Morgan fingerprint density at radius 3 is 2.53 bits per heavy atom. The molecule has 1 unspecified atom stereocenters. The highest BCUT2D eigenvalue weighted by Gasteiger charge is 2.34. The van der Waals surface area contributed by atoms with Gasteiger partial charge in [0.05, 0.1) is 12.0 Å². The summed E-state index contributed by atoms with van der Waals surface area (Å²) in [5.74, 6) is 2.41. The molecule has 1 saturated carbocycles. The van der Waals surface area contributed by atoms with Gasteiger partial charge in [0.1, 0.15) is 11.6 Å². The first kappa shape index (κ1) is 20.1. The molecule has 1 aliphatic carbocycles. The van der Waals surface area contributed by atoms with Gasteiger partial charge in [-0.05, 0) is 31.4 Å². The first-order valence-electron chi connectivity index (χ1n) is 9.90. The molecule has 0 spiro atoms. The van der Waals surface area contributed by atoms with Gasteiger partial charge in [-0.15, -0.1) is 0 Å². The van der Waals surface area contributed by atoms with E-state index in [1.165, 1.54) is 12.1 Å². The van der Waals surface area contributed by atoms with Crippen LogP contribution >= 0.6 is 0 Å². The van der Waals surface area contributed by atoms with Gasteiger partial charge < -0.3 is 15.0 Å². The minimum Gasteiger partial charge on any atom is -0.436 e. The van der Waals surface area contributed by atoms with Gasteiger partial charge in [0.25, 0.3) is 0 Å². The summed E-state index contributed by atoms with van der Waals surface area (Å²) in [5.41, 5.74) is -0.00223. The molecule has 2 saturated heterocycles. The number of piperidine rings is 1. The maximum Gasteiger partial charge on any atom is 0.408 e. The maximum absolute atomic E-state index is 14.6. The van der Waals surface area contributed by atoms with Gasteiger partial charge in [-0.1, -0.05) is 11.8 Å². The normalized spacial score (nSPS) is 21.3. The number of nitrogens with one attached hydrogen (secondary N) is 2. The number of imide groups is 1. The van der Waals surface area contributed by atoms with E-state index in [0.717, 1.165) is 12.8 Å². The second-order valence-corrected chi connectivity index (χ2v) is 7.74. The Bertz CT molecular complexity index is 922. The van der Waals surface area contributed by atoms with Gasteiger partial charge in [0.15, 0.2) is 6.61 Å². The molecule has 1 aromatic carbocycles. The molecule has 1 aromatic rings. The largest absolute Gasteiger partial charge is 0.436 e. The Labute approximate surface area is 172 Å². The highest BCUT2D eigenvalue weighted by atomic mass is 19.1. The fourth-order valence-electron chi connectivity index (χ4n) is 3.56. The third-order valence-electron chi connectivity index (χ3n) is 5.38. The number of rotatable bonds is 4. The molecule has 3 fully saturated rings. The molecule has 0 radical (unpaired) electrons. The summed E-state index contributed by atoms with van der Waals surface area (Å²) in [6.45, 7) is 0.788. The van der Waals surface area contributed by atoms with E-state index >= 15 is 0 Å². The molecule has 0 aromatic heterocycles. The minimum atomic E-state index is -1.03. The summed E-state index contributed by atoms with van der Waals surface area (Å²) in [6.07, 6.45) is 1.74. The smallest absolute Gasteiger partial charge is 0.408 e. The summed E-state index contributed by atoms with van der Waals surface area (Å²) in [4.78, 5) is 36.6. The van der Waals surface area contributed by atoms with Crippen molar-refractivity contribution in [2.24, 2.45) is 5.92 Å².